The number of nitrogens with zero attached hydrogens (tertiary/aromatic N) is 1. The summed E-state index contributed by atoms with van der Waals surface area (Å²) in [6.45, 7) is 2.09. The largest absolute Gasteiger partial charge is 0.240 e. The van der Waals surface area contributed by atoms with Gasteiger partial charge in [0.05, 0.1) is 10.4 Å². The molecule has 2 atom stereocenters. The van der Waals surface area contributed by atoms with Gasteiger partial charge < -0.3 is 0 Å². The molecule has 2 unspecified atom stereocenters. The lowest BCUT2D eigenvalue weighted by Gasteiger charge is -2.17. The third kappa shape index (κ3) is 3.05. The maximum absolute atomic E-state index is 12.5. The Balaban J connectivity index is 1.93. The second kappa shape index (κ2) is 5.55. The maximum Gasteiger partial charge on any atom is 0.240 e. The summed E-state index contributed by atoms with van der Waals surface area (Å²) in [5.41, 5.74) is 0.690. The molecule has 1 heterocycles. The number of benzene rings is 1. The van der Waals surface area contributed by atoms with Crippen LogP contribution >= 0.6 is 11.6 Å². The van der Waals surface area contributed by atoms with Crippen molar-refractivity contribution in [3.05, 3.63) is 35.5 Å². The van der Waals surface area contributed by atoms with E-state index in [0.29, 0.717) is 16.6 Å². The zero-order valence-electron chi connectivity index (χ0n) is 11.7. The Morgan fingerprint density at radius 3 is 2.76 bits per heavy atom. The normalized spacial score (nSPS) is 22.8. The van der Waals surface area contributed by atoms with Gasteiger partial charge in [-0.3, -0.25) is 0 Å². The van der Waals surface area contributed by atoms with Gasteiger partial charge in [0.25, 0.3) is 0 Å². The minimum atomic E-state index is -3.49. The summed E-state index contributed by atoms with van der Waals surface area (Å²) >= 11 is 5.84. The Hall–Kier alpha value is -1.17. The quantitative estimate of drug-likeness (QED) is 0.881. The first-order chi connectivity index (χ1) is 9.95. The maximum atomic E-state index is 12.5. The van der Waals surface area contributed by atoms with E-state index < -0.39 is 10.0 Å². The summed E-state index contributed by atoms with van der Waals surface area (Å²) in [6.07, 6.45) is 3.06. The number of hydrogen-bond acceptors (Lipinski definition) is 3. The molecule has 0 saturated heterocycles. The van der Waals surface area contributed by atoms with Crippen molar-refractivity contribution in [3.8, 4) is 0 Å². The molecule has 1 saturated carbocycles. The van der Waals surface area contributed by atoms with Crippen LogP contribution < -0.4 is 4.72 Å². The molecule has 112 valence electrons. The van der Waals surface area contributed by atoms with Gasteiger partial charge in [-0.1, -0.05) is 24.9 Å². The molecular formula is C15H17ClN2O2S. The first-order valence-electron chi connectivity index (χ1n) is 7.04. The Kier molecular flexibility index (Phi) is 3.90. The first kappa shape index (κ1) is 14.8. The summed E-state index contributed by atoms with van der Waals surface area (Å²) < 4.78 is 27.8. The van der Waals surface area contributed by atoms with E-state index in [0.717, 1.165) is 24.6 Å². The van der Waals surface area contributed by atoms with E-state index in [-0.39, 0.29) is 10.9 Å². The lowest BCUT2D eigenvalue weighted by molar-refractivity contribution is 0.476. The molecule has 0 spiro atoms. The highest BCUT2D eigenvalue weighted by Crippen LogP contribution is 2.27. The molecule has 1 aromatic heterocycles. The third-order valence-electron chi connectivity index (χ3n) is 4.10. The summed E-state index contributed by atoms with van der Waals surface area (Å²) in [6, 6.07) is 8.38. The number of rotatable bonds is 3. The number of sulfonamides is 1. The van der Waals surface area contributed by atoms with E-state index in [1.54, 1.807) is 30.3 Å². The van der Waals surface area contributed by atoms with Gasteiger partial charge in [0.2, 0.25) is 10.0 Å². The van der Waals surface area contributed by atoms with E-state index in [1.165, 1.54) is 0 Å². The summed E-state index contributed by atoms with van der Waals surface area (Å²) in [7, 11) is -3.49. The number of fused-ring (bicyclic) bond motifs is 1. The molecule has 0 bridgehead atoms. The van der Waals surface area contributed by atoms with Crippen molar-refractivity contribution in [2.45, 2.75) is 37.1 Å². The zero-order chi connectivity index (χ0) is 15.0. The van der Waals surface area contributed by atoms with Gasteiger partial charge in [-0.15, -0.1) is 0 Å². The highest BCUT2D eigenvalue weighted by atomic mass is 35.5. The fourth-order valence-corrected chi connectivity index (χ4v) is 4.40. The van der Waals surface area contributed by atoms with Crippen molar-refractivity contribution in [2.75, 3.05) is 0 Å². The summed E-state index contributed by atoms with van der Waals surface area (Å²) in [5.74, 6) is 0.390. The summed E-state index contributed by atoms with van der Waals surface area (Å²) in [5, 5.41) is 1.16. The van der Waals surface area contributed by atoms with E-state index in [9.17, 15) is 8.42 Å². The van der Waals surface area contributed by atoms with Gasteiger partial charge in [-0.05, 0) is 49.1 Å². The van der Waals surface area contributed by atoms with Crippen LogP contribution in [0.4, 0.5) is 0 Å². The molecule has 0 radical (unpaired) electrons. The molecule has 21 heavy (non-hydrogen) atoms. The van der Waals surface area contributed by atoms with Crippen molar-refractivity contribution in [3.63, 3.8) is 0 Å². The van der Waals surface area contributed by atoms with Gasteiger partial charge in [0.1, 0.15) is 5.15 Å². The Morgan fingerprint density at radius 2 is 2.05 bits per heavy atom. The monoisotopic (exact) mass is 324 g/mol. The van der Waals surface area contributed by atoms with Gasteiger partial charge in [0, 0.05) is 11.4 Å². The van der Waals surface area contributed by atoms with Gasteiger partial charge >= 0.3 is 0 Å². The summed E-state index contributed by atoms with van der Waals surface area (Å²) in [4.78, 5) is 4.44. The van der Waals surface area contributed by atoms with Crippen LogP contribution in [-0.4, -0.2) is 19.4 Å². The van der Waals surface area contributed by atoms with Crippen LogP contribution in [0.3, 0.4) is 0 Å². The third-order valence-corrected chi connectivity index (χ3v) is 5.80. The standard InChI is InChI=1S/C15H17ClN2O2S/c1-10-3-2-4-13(10)18-21(19,20)12-6-7-14-11(9-12)5-8-15(16)17-14/h5-10,13,18H,2-4H2,1H3. The first-order valence-corrected chi connectivity index (χ1v) is 8.90. The molecule has 1 N–H and O–H groups in total. The fourth-order valence-electron chi connectivity index (χ4n) is 2.83. The van der Waals surface area contributed by atoms with Crippen LogP contribution in [0.5, 0.6) is 0 Å². The second-order valence-electron chi connectivity index (χ2n) is 5.62. The van der Waals surface area contributed by atoms with Crippen molar-refractivity contribution < 1.29 is 8.42 Å². The molecule has 1 aliphatic rings. The Morgan fingerprint density at radius 1 is 1.24 bits per heavy atom. The van der Waals surface area contributed by atoms with Crippen LogP contribution in [0.15, 0.2) is 35.2 Å². The molecule has 4 nitrogen and oxygen atoms in total. The lowest BCUT2D eigenvalue weighted by Crippen LogP contribution is -2.36. The van der Waals surface area contributed by atoms with E-state index >= 15 is 0 Å². The Labute approximate surface area is 129 Å². The molecule has 1 fully saturated rings. The lowest BCUT2D eigenvalue weighted by atomic mass is 10.1. The molecule has 2 aromatic rings. The number of pyridine rings is 1. The van der Waals surface area contributed by atoms with Gasteiger partial charge in [-0.25, -0.2) is 18.1 Å². The van der Waals surface area contributed by atoms with E-state index in [2.05, 4.69) is 16.6 Å². The molecule has 0 amide bonds. The molecule has 3 rings (SSSR count). The van der Waals surface area contributed by atoms with Gasteiger partial charge in [-0.2, -0.15) is 0 Å². The number of halogens is 1. The number of hydrogen-bond donors (Lipinski definition) is 1. The number of nitrogens with one attached hydrogen (secondary N) is 1. The molecule has 1 aromatic carbocycles. The van der Waals surface area contributed by atoms with Crippen molar-refractivity contribution in [1.82, 2.24) is 9.71 Å². The average Bonchev–Trinajstić information content (AvgIpc) is 2.83. The van der Waals surface area contributed by atoms with Crippen molar-refractivity contribution in [1.29, 1.82) is 0 Å². The van der Waals surface area contributed by atoms with Gasteiger partial charge in [0.15, 0.2) is 0 Å². The van der Waals surface area contributed by atoms with Crippen LogP contribution in [0.25, 0.3) is 10.9 Å². The average molecular weight is 325 g/mol. The van der Waals surface area contributed by atoms with E-state index in [1.807, 2.05) is 0 Å². The second-order valence-corrected chi connectivity index (χ2v) is 7.73. The predicted octanol–water partition coefficient (Wildman–Crippen LogP) is 3.36. The van der Waals surface area contributed by atoms with E-state index in [4.69, 9.17) is 11.6 Å². The predicted molar refractivity (Wildman–Crippen MR) is 83.9 cm³/mol. The highest BCUT2D eigenvalue weighted by molar-refractivity contribution is 7.89. The zero-order valence-corrected chi connectivity index (χ0v) is 13.3. The topological polar surface area (TPSA) is 59.1 Å². The number of aromatic nitrogens is 1. The molecule has 6 heteroatoms. The molecule has 1 aliphatic carbocycles. The minimum Gasteiger partial charge on any atom is -0.236 e. The molecular weight excluding hydrogens is 308 g/mol. The van der Waals surface area contributed by atoms with Crippen molar-refractivity contribution in [2.24, 2.45) is 5.92 Å². The smallest absolute Gasteiger partial charge is 0.236 e. The van der Waals surface area contributed by atoms with Crippen LogP contribution in [0.2, 0.25) is 5.15 Å². The minimum absolute atomic E-state index is 0.0361. The van der Waals surface area contributed by atoms with Crippen LogP contribution in [0.1, 0.15) is 26.2 Å². The van der Waals surface area contributed by atoms with Crippen LogP contribution in [-0.2, 0) is 10.0 Å². The highest BCUT2D eigenvalue weighted by Gasteiger charge is 2.28. The van der Waals surface area contributed by atoms with Crippen LogP contribution in [0, 0.1) is 5.92 Å². The Bertz CT molecular complexity index is 776. The SMILES string of the molecule is CC1CCCC1NS(=O)(=O)c1ccc2nc(Cl)ccc2c1. The fraction of sp³-hybridized carbons (Fsp3) is 0.400. The van der Waals surface area contributed by atoms with Crippen molar-refractivity contribution >= 4 is 32.5 Å². The molecule has 0 aliphatic heterocycles.